The molecule has 0 bridgehead atoms. The first-order chi connectivity index (χ1) is 11.9. The molecule has 1 fully saturated rings. The second-order valence-electron chi connectivity index (χ2n) is 5.78. The van der Waals surface area contributed by atoms with Gasteiger partial charge in [0, 0.05) is 17.8 Å². The number of hydrogen-bond acceptors (Lipinski definition) is 4. The Hall–Kier alpha value is -2.42. The monoisotopic (exact) mass is 357 g/mol. The van der Waals surface area contributed by atoms with Gasteiger partial charge >= 0.3 is 18.6 Å². The number of carboxylic acid groups (broad SMARTS) is 1. The van der Waals surface area contributed by atoms with Crippen molar-refractivity contribution >= 4 is 17.7 Å². The molecule has 9 heteroatoms. The first kappa shape index (κ1) is 18.9. The molecular weight excluding hydrogens is 336 g/mol. The highest BCUT2D eigenvalue weighted by molar-refractivity contribution is 5.89. The second-order valence-corrected chi connectivity index (χ2v) is 5.78. The number of hydrogen-bond donors (Lipinski definition) is 3. The molecule has 138 valence electrons. The van der Waals surface area contributed by atoms with E-state index in [0.717, 1.165) is 0 Å². The lowest BCUT2D eigenvalue weighted by molar-refractivity contribution is -0.139. The molecule has 1 aliphatic carbocycles. The van der Waals surface area contributed by atoms with Crippen molar-refractivity contribution in [1.82, 2.24) is 10.2 Å². The van der Waals surface area contributed by atoms with Gasteiger partial charge in [0.15, 0.2) is 0 Å². The van der Waals surface area contributed by atoms with Crippen LogP contribution in [0.1, 0.15) is 19.8 Å². The highest BCUT2D eigenvalue weighted by Crippen LogP contribution is 2.25. The van der Waals surface area contributed by atoms with E-state index in [-0.39, 0.29) is 24.4 Å². The zero-order chi connectivity index (χ0) is 18.4. The molecular formula is C16H21F2N3O4. The van der Waals surface area contributed by atoms with E-state index in [0.29, 0.717) is 25.1 Å². The van der Waals surface area contributed by atoms with Crippen LogP contribution in [0.2, 0.25) is 0 Å². The molecule has 0 atom stereocenters. The molecule has 0 aliphatic heterocycles. The second kappa shape index (κ2) is 8.61. The van der Waals surface area contributed by atoms with Crippen LogP contribution in [0.15, 0.2) is 24.3 Å². The van der Waals surface area contributed by atoms with Crippen molar-refractivity contribution in [2.75, 3.05) is 18.4 Å². The number of amides is 2. The highest BCUT2D eigenvalue weighted by Gasteiger charge is 2.34. The van der Waals surface area contributed by atoms with E-state index >= 15 is 0 Å². The highest BCUT2D eigenvalue weighted by atomic mass is 19.3. The number of carboxylic acids is 1. The summed E-state index contributed by atoms with van der Waals surface area (Å²) >= 11 is 0. The first-order valence-corrected chi connectivity index (χ1v) is 7.95. The summed E-state index contributed by atoms with van der Waals surface area (Å²) in [6.07, 6.45) is 1.38. The van der Waals surface area contributed by atoms with Gasteiger partial charge in [0.05, 0.1) is 6.54 Å². The van der Waals surface area contributed by atoms with Crippen LogP contribution in [0.25, 0.3) is 0 Å². The molecule has 0 unspecified atom stereocenters. The van der Waals surface area contributed by atoms with Gasteiger partial charge < -0.3 is 20.5 Å². The van der Waals surface area contributed by atoms with Crippen molar-refractivity contribution in [2.45, 2.75) is 38.5 Å². The van der Waals surface area contributed by atoms with Crippen LogP contribution in [-0.2, 0) is 4.79 Å². The zero-order valence-electron chi connectivity index (χ0n) is 13.7. The number of halogens is 2. The summed E-state index contributed by atoms with van der Waals surface area (Å²) in [5.74, 6) is -0.851. The lowest BCUT2D eigenvalue weighted by atomic mass is 9.85. The Morgan fingerprint density at radius 3 is 2.48 bits per heavy atom. The lowest BCUT2D eigenvalue weighted by Crippen LogP contribution is -2.55. The summed E-state index contributed by atoms with van der Waals surface area (Å²) < 4.78 is 28.4. The number of nitrogens with zero attached hydrogens (tertiary/aromatic N) is 1. The number of alkyl halides is 2. The normalized spacial score (nSPS) is 19.4. The molecule has 0 spiro atoms. The number of likely N-dealkylation sites (N-methyl/N-ethyl adjacent to an activating group) is 1. The molecule has 1 saturated carbocycles. The van der Waals surface area contributed by atoms with Crippen molar-refractivity contribution in [3.8, 4) is 5.75 Å². The molecule has 25 heavy (non-hydrogen) atoms. The molecule has 1 aromatic carbocycles. The Kier molecular flexibility index (Phi) is 6.51. The molecule has 1 aliphatic rings. The van der Waals surface area contributed by atoms with Gasteiger partial charge in [-0.15, -0.1) is 0 Å². The summed E-state index contributed by atoms with van der Waals surface area (Å²) in [4.78, 5) is 24.6. The van der Waals surface area contributed by atoms with Crippen LogP contribution >= 0.6 is 0 Å². The number of benzene rings is 1. The van der Waals surface area contributed by atoms with Crippen molar-refractivity contribution in [2.24, 2.45) is 0 Å². The zero-order valence-corrected chi connectivity index (χ0v) is 13.7. The Morgan fingerprint density at radius 1 is 1.32 bits per heavy atom. The van der Waals surface area contributed by atoms with Gasteiger partial charge in [-0.1, -0.05) is 6.92 Å². The van der Waals surface area contributed by atoms with Crippen molar-refractivity contribution in [3.05, 3.63) is 24.3 Å². The SMILES string of the molecule is CCN(CC(=O)O)C1CC(NC(=O)Nc2ccc(OC(F)F)cc2)C1. The lowest BCUT2D eigenvalue weighted by Gasteiger charge is -2.42. The Bertz CT molecular complexity index is 592. The predicted octanol–water partition coefficient (Wildman–Crippen LogP) is 2.35. The van der Waals surface area contributed by atoms with Crippen molar-refractivity contribution in [1.29, 1.82) is 0 Å². The van der Waals surface area contributed by atoms with E-state index in [1.807, 2.05) is 11.8 Å². The number of carbonyl (C=O) groups excluding carboxylic acids is 1. The topological polar surface area (TPSA) is 90.9 Å². The molecule has 0 saturated heterocycles. The third-order valence-corrected chi connectivity index (χ3v) is 4.05. The maximum atomic E-state index is 12.1. The third-order valence-electron chi connectivity index (χ3n) is 4.05. The quantitative estimate of drug-likeness (QED) is 0.664. The number of carbonyl (C=O) groups is 2. The fraction of sp³-hybridized carbons (Fsp3) is 0.500. The van der Waals surface area contributed by atoms with E-state index in [4.69, 9.17) is 5.11 Å². The van der Waals surface area contributed by atoms with E-state index < -0.39 is 18.6 Å². The predicted molar refractivity (Wildman–Crippen MR) is 86.9 cm³/mol. The summed E-state index contributed by atoms with van der Waals surface area (Å²) in [6, 6.07) is 5.34. The van der Waals surface area contributed by atoms with Crippen LogP contribution < -0.4 is 15.4 Å². The standard InChI is InChI=1S/C16H21F2N3O4/c1-2-21(9-14(22)23)12-7-11(8-12)20-16(24)19-10-3-5-13(6-4-10)25-15(17)18/h3-6,11-12,15H,2,7-9H2,1H3,(H,22,23)(H2,19,20,24). The number of rotatable bonds is 8. The molecule has 3 N–H and O–H groups in total. The molecule has 1 aromatic rings. The van der Waals surface area contributed by atoms with Crippen LogP contribution in [0, 0.1) is 0 Å². The van der Waals surface area contributed by atoms with Gasteiger partial charge in [-0.05, 0) is 43.7 Å². The van der Waals surface area contributed by atoms with Crippen LogP contribution in [-0.4, -0.2) is 53.8 Å². The van der Waals surface area contributed by atoms with E-state index in [9.17, 15) is 18.4 Å². The third kappa shape index (κ3) is 5.86. The smallest absolute Gasteiger partial charge is 0.387 e. The fourth-order valence-electron chi connectivity index (χ4n) is 2.75. The number of anilines is 1. The molecule has 0 radical (unpaired) electrons. The molecule has 2 amide bonds. The van der Waals surface area contributed by atoms with Gasteiger partial charge in [0.1, 0.15) is 5.75 Å². The number of urea groups is 1. The molecule has 7 nitrogen and oxygen atoms in total. The van der Waals surface area contributed by atoms with E-state index in [1.165, 1.54) is 24.3 Å². The van der Waals surface area contributed by atoms with Gasteiger partial charge in [-0.2, -0.15) is 8.78 Å². The average Bonchev–Trinajstić information content (AvgIpc) is 2.49. The number of aliphatic carboxylic acids is 1. The maximum Gasteiger partial charge on any atom is 0.387 e. The Balaban J connectivity index is 1.74. The molecule has 0 aromatic heterocycles. The molecule has 2 rings (SSSR count). The first-order valence-electron chi connectivity index (χ1n) is 7.95. The minimum Gasteiger partial charge on any atom is -0.480 e. The number of ether oxygens (including phenoxy) is 1. The minimum absolute atomic E-state index is 0.00683. The Labute approximate surface area is 143 Å². The Morgan fingerprint density at radius 2 is 1.96 bits per heavy atom. The van der Waals surface area contributed by atoms with Crippen LogP contribution in [0.3, 0.4) is 0 Å². The van der Waals surface area contributed by atoms with Crippen molar-refractivity contribution < 1.29 is 28.2 Å². The number of nitrogens with one attached hydrogen (secondary N) is 2. The van der Waals surface area contributed by atoms with Gasteiger partial charge in [0.25, 0.3) is 0 Å². The summed E-state index contributed by atoms with van der Waals surface area (Å²) in [7, 11) is 0. The van der Waals surface area contributed by atoms with E-state index in [2.05, 4.69) is 15.4 Å². The van der Waals surface area contributed by atoms with Gasteiger partial charge in [-0.25, -0.2) is 4.79 Å². The average molecular weight is 357 g/mol. The fourth-order valence-corrected chi connectivity index (χ4v) is 2.75. The van der Waals surface area contributed by atoms with Crippen LogP contribution in [0.5, 0.6) is 5.75 Å². The van der Waals surface area contributed by atoms with Crippen molar-refractivity contribution in [3.63, 3.8) is 0 Å². The van der Waals surface area contributed by atoms with E-state index in [1.54, 1.807) is 0 Å². The summed E-state index contributed by atoms with van der Waals surface area (Å²) in [6.45, 7) is -0.356. The van der Waals surface area contributed by atoms with Crippen LogP contribution in [0.4, 0.5) is 19.3 Å². The molecule has 0 heterocycles. The van der Waals surface area contributed by atoms with Gasteiger partial charge in [0.2, 0.25) is 0 Å². The summed E-state index contributed by atoms with van der Waals surface area (Å²) in [5.41, 5.74) is 0.455. The van der Waals surface area contributed by atoms with Gasteiger partial charge in [-0.3, -0.25) is 9.69 Å². The minimum atomic E-state index is -2.89. The summed E-state index contributed by atoms with van der Waals surface area (Å²) in [5, 5.41) is 14.3. The maximum absolute atomic E-state index is 12.1. The largest absolute Gasteiger partial charge is 0.480 e.